The van der Waals surface area contributed by atoms with E-state index < -0.39 is 40.8 Å². The van der Waals surface area contributed by atoms with Gasteiger partial charge in [0.05, 0.1) is 17.2 Å². The molecule has 1 aliphatic rings. The van der Waals surface area contributed by atoms with E-state index in [2.05, 4.69) is 22.1 Å². The number of pyridine rings is 1. The van der Waals surface area contributed by atoms with Gasteiger partial charge in [0.15, 0.2) is 0 Å². The SMILES string of the molecule is CC1CCN(CC(C)(C)NCC(O)c2cc(C(F)(F)F)nc3c(C(F)(F)F)cccc23)CC1. The van der Waals surface area contributed by atoms with Gasteiger partial charge in [-0.25, -0.2) is 4.98 Å². The number of halogens is 6. The van der Waals surface area contributed by atoms with Gasteiger partial charge in [0.25, 0.3) is 0 Å². The summed E-state index contributed by atoms with van der Waals surface area (Å²) in [4.78, 5) is 5.56. The maximum atomic E-state index is 13.4. The third-order valence-electron chi connectivity index (χ3n) is 6.10. The number of benzene rings is 1. The van der Waals surface area contributed by atoms with E-state index in [1.165, 1.54) is 6.07 Å². The van der Waals surface area contributed by atoms with Crippen LogP contribution in [0, 0.1) is 5.92 Å². The zero-order valence-corrected chi connectivity index (χ0v) is 18.8. The van der Waals surface area contributed by atoms with Crippen molar-refractivity contribution in [3.05, 3.63) is 41.1 Å². The van der Waals surface area contributed by atoms with Crippen molar-refractivity contribution in [3.63, 3.8) is 0 Å². The predicted molar refractivity (Wildman–Crippen MR) is 114 cm³/mol. The Labute approximate surface area is 189 Å². The fourth-order valence-corrected chi connectivity index (χ4v) is 4.24. The summed E-state index contributed by atoms with van der Waals surface area (Å²) in [6, 6.07) is 3.67. The normalized spacial score (nSPS) is 18.1. The van der Waals surface area contributed by atoms with E-state index in [0.717, 1.165) is 32.0 Å². The summed E-state index contributed by atoms with van der Waals surface area (Å²) in [7, 11) is 0. The quantitative estimate of drug-likeness (QED) is 0.547. The van der Waals surface area contributed by atoms with Crippen molar-refractivity contribution in [2.75, 3.05) is 26.2 Å². The molecule has 0 saturated carbocycles. The van der Waals surface area contributed by atoms with E-state index in [1.807, 2.05) is 13.8 Å². The van der Waals surface area contributed by atoms with E-state index >= 15 is 0 Å². The average Bonchev–Trinajstić information content (AvgIpc) is 2.71. The van der Waals surface area contributed by atoms with Gasteiger partial charge in [0.2, 0.25) is 0 Å². The number of rotatable bonds is 6. The van der Waals surface area contributed by atoms with Crippen LogP contribution in [0.25, 0.3) is 10.9 Å². The van der Waals surface area contributed by atoms with Crippen molar-refractivity contribution < 1.29 is 31.4 Å². The fourth-order valence-electron chi connectivity index (χ4n) is 4.24. The van der Waals surface area contributed by atoms with Crippen LogP contribution in [0.5, 0.6) is 0 Å². The molecule has 1 aromatic carbocycles. The minimum atomic E-state index is -4.96. The summed E-state index contributed by atoms with van der Waals surface area (Å²) < 4.78 is 80.5. The highest BCUT2D eigenvalue weighted by Gasteiger charge is 2.38. The number of likely N-dealkylation sites (tertiary alicyclic amines) is 1. The highest BCUT2D eigenvalue weighted by molar-refractivity contribution is 5.86. The molecular formula is C23H29F6N3O. The predicted octanol–water partition coefficient (Wildman–Crippen LogP) is 5.41. The highest BCUT2D eigenvalue weighted by atomic mass is 19.4. The van der Waals surface area contributed by atoms with Gasteiger partial charge in [-0.05, 0) is 63.4 Å². The monoisotopic (exact) mass is 477 g/mol. The number of nitrogens with zero attached hydrogens (tertiary/aromatic N) is 2. The molecule has 1 unspecified atom stereocenters. The van der Waals surface area contributed by atoms with Gasteiger partial charge >= 0.3 is 12.4 Å². The number of hydrogen-bond donors (Lipinski definition) is 2. The first-order chi connectivity index (χ1) is 15.2. The number of aliphatic hydroxyl groups excluding tert-OH is 1. The highest BCUT2D eigenvalue weighted by Crippen LogP contribution is 2.39. The number of β-amino-alcohol motifs (C(OH)–C–C–N with tert-alkyl or cyclic N) is 1. The van der Waals surface area contributed by atoms with Crippen LogP contribution >= 0.6 is 0 Å². The van der Waals surface area contributed by atoms with Crippen LogP contribution in [0.2, 0.25) is 0 Å². The summed E-state index contributed by atoms with van der Waals surface area (Å²) in [5.41, 5.74) is -4.27. The van der Waals surface area contributed by atoms with E-state index in [0.29, 0.717) is 24.6 Å². The lowest BCUT2D eigenvalue weighted by Crippen LogP contribution is -2.51. The molecule has 184 valence electrons. The molecule has 2 aromatic rings. The minimum absolute atomic E-state index is 0.121. The van der Waals surface area contributed by atoms with E-state index in [1.54, 1.807) is 0 Å². The second kappa shape index (κ2) is 9.38. The Hall–Kier alpha value is -1.91. The molecule has 1 aliphatic heterocycles. The van der Waals surface area contributed by atoms with Crippen LogP contribution in [0.3, 0.4) is 0 Å². The van der Waals surface area contributed by atoms with E-state index in [-0.39, 0.29) is 17.5 Å². The zero-order valence-electron chi connectivity index (χ0n) is 18.8. The lowest BCUT2D eigenvalue weighted by molar-refractivity contribution is -0.142. The molecule has 0 spiro atoms. The first-order valence-corrected chi connectivity index (χ1v) is 10.9. The molecule has 4 nitrogen and oxygen atoms in total. The number of piperidine rings is 1. The summed E-state index contributed by atoms with van der Waals surface area (Å²) in [6.45, 7) is 8.49. The van der Waals surface area contributed by atoms with Crippen molar-refractivity contribution in [1.29, 1.82) is 0 Å². The Kier molecular flexibility index (Phi) is 7.31. The van der Waals surface area contributed by atoms with Gasteiger partial charge in [-0.3, -0.25) is 0 Å². The van der Waals surface area contributed by atoms with Crippen molar-refractivity contribution in [1.82, 2.24) is 15.2 Å². The van der Waals surface area contributed by atoms with Crippen LogP contribution in [-0.4, -0.2) is 46.7 Å². The lowest BCUT2D eigenvalue weighted by atomic mass is 9.96. The van der Waals surface area contributed by atoms with Crippen molar-refractivity contribution in [2.24, 2.45) is 5.92 Å². The van der Waals surface area contributed by atoms with Crippen LogP contribution in [0.4, 0.5) is 26.3 Å². The molecular weight excluding hydrogens is 448 g/mol. The molecule has 1 aromatic heterocycles. The van der Waals surface area contributed by atoms with Crippen LogP contribution in [0.1, 0.15) is 56.5 Å². The molecule has 2 N–H and O–H groups in total. The van der Waals surface area contributed by atoms with Crippen LogP contribution in [0.15, 0.2) is 24.3 Å². The third-order valence-corrected chi connectivity index (χ3v) is 6.10. The standard InChI is InChI=1S/C23H29F6N3O/c1-14-7-9-32(10-8-14)13-21(2,3)30-12-18(33)16-11-19(23(27,28)29)31-20-15(16)5-4-6-17(20)22(24,25)26/h4-6,11,14,18,30,33H,7-10,12-13H2,1-3H3. The molecule has 0 amide bonds. The number of aromatic nitrogens is 1. The van der Waals surface area contributed by atoms with Gasteiger partial charge in [-0.15, -0.1) is 0 Å². The van der Waals surface area contributed by atoms with Crippen molar-refractivity contribution in [2.45, 2.75) is 57.6 Å². The number of aliphatic hydroxyl groups is 1. The topological polar surface area (TPSA) is 48.4 Å². The number of para-hydroxylation sites is 1. The molecule has 3 rings (SSSR count). The molecule has 33 heavy (non-hydrogen) atoms. The Balaban J connectivity index is 1.87. The lowest BCUT2D eigenvalue weighted by Gasteiger charge is -2.37. The Morgan fingerprint density at radius 1 is 1.09 bits per heavy atom. The molecule has 0 bridgehead atoms. The third kappa shape index (κ3) is 6.36. The molecule has 10 heteroatoms. The summed E-state index contributed by atoms with van der Waals surface area (Å²) in [5, 5.41) is 13.8. The average molecular weight is 477 g/mol. The number of fused-ring (bicyclic) bond motifs is 1. The molecule has 0 radical (unpaired) electrons. The fraction of sp³-hybridized carbons (Fsp3) is 0.609. The first-order valence-electron chi connectivity index (χ1n) is 10.9. The Morgan fingerprint density at radius 3 is 2.30 bits per heavy atom. The van der Waals surface area contributed by atoms with Crippen molar-refractivity contribution >= 4 is 10.9 Å². The van der Waals surface area contributed by atoms with Crippen LogP contribution < -0.4 is 5.32 Å². The smallest absolute Gasteiger partial charge is 0.387 e. The maximum absolute atomic E-state index is 13.4. The molecule has 1 saturated heterocycles. The summed E-state index contributed by atoms with van der Waals surface area (Å²) >= 11 is 0. The first kappa shape index (κ1) is 25.7. The number of alkyl halides is 6. The van der Waals surface area contributed by atoms with Gasteiger partial charge in [0.1, 0.15) is 5.69 Å². The van der Waals surface area contributed by atoms with E-state index in [9.17, 15) is 31.4 Å². The van der Waals surface area contributed by atoms with Crippen molar-refractivity contribution in [3.8, 4) is 0 Å². The van der Waals surface area contributed by atoms with E-state index in [4.69, 9.17) is 0 Å². The summed E-state index contributed by atoms with van der Waals surface area (Å²) in [6.07, 6.45) is -9.13. The Bertz CT molecular complexity index is 965. The number of nitrogens with one attached hydrogen (secondary N) is 1. The second-order valence-electron chi connectivity index (χ2n) is 9.53. The summed E-state index contributed by atoms with van der Waals surface area (Å²) in [5.74, 6) is 0.670. The Morgan fingerprint density at radius 2 is 1.73 bits per heavy atom. The largest absolute Gasteiger partial charge is 0.433 e. The molecule has 2 heterocycles. The molecule has 1 fully saturated rings. The van der Waals surface area contributed by atoms with Gasteiger partial charge in [-0.1, -0.05) is 19.1 Å². The second-order valence-corrected chi connectivity index (χ2v) is 9.53. The molecule has 1 atom stereocenters. The zero-order chi connectivity index (χ0) is 24.6. The number of hydrogen-bond acceptors (Lipinski definition) is 4. The van der Waals surface area contributed by atoms with Gasteiger partial charge < -0.3 is 15.3 Å². The maximum Gasteiger partial charge on any atom is 0.433 e. The van der Waals surface area contributed by atoms with Gasteiger partial charge in [-0.2, -0.15) is 26.3 Å². The molecule has 0 aliphatic carbocycles. The van der Waals surface area contributed by atoms with Gasteiger partial charge in [0, 0.05) is 24.0 Å². The van der Waals surface area contributed by atoms with Crippen LogP contribution in [-0.2, 0) is 12.4 Å². The minimum Gasteiger partial charge on any atom is -0.387 e.